The highest BCUT2D eigenvalue weighted by atomic mass is 19.4. The van der Waals surface area contributed by atoms with Crippen LogP contribution in [0.1, 0.15) is 22.8 Å². The normalized spacial score (nSPS) is 13.9. The van der Waals surface area contributed by atoms with Gasteiger partial charge >= 0.3 is 6.18 Å². The molecule has 1 atom stereocenters. The monoisotopic (exact) mass is 307 g/mol. The Hall–Kier alpha value is -2.32. The molecule has 1 aromatic carbocycles. The topological polar surface area (TPSA) is 78.9 Å². The summed E-state index contributed by atoms with van der Waals surface area (Å²) in [6, 6.07) is 1.08. The molecule has 1 amide bonds. The number of halogens is 4. The van der Waals surface area contributed by atoms with Crippen LogP contribution in [0, 0.1) is 5.82 Å². The van der Waals surface area contributed by atoms with E-state index in [0.29, 0.717) is 12.1 Å². The van der Waals surface area contributed by atoms with Crippen LogP contribution in [0.3, 0.4) is 0 Å². The van der Waals surface area contributed by atoms with Crippen molar-refractivity contribution < 1.29 is 27.6 Å². The summed E-state index contributed by atoms with van der Waals surface area (Å²) in [5.41, 5.74) is 3.44. The number of rotatable bonds is 3. The maximum Gasteiger partial charge on any atom is 0.419 e. The van der Waals surface area contributed by atoms with Crippen molar-refractivity contribution in [2.45, 2.75) is 19.1 Å². The molecular weight excluding hydrogens is 294 g/mol. The van der Waals surface area contributed by atoms with Crippen LogP contribution in [0.25, 0.3) is 0 Å². The number of alkyl halides is 3. The molecule has 9 heteroatoms. The predicted octanol–water partition coefficient (Wildman–Crippen LogP) is 2.05. The number of benzene rings is 1. The first kappa shape index (κ1) is 16.7. The average molecular weight is 307 g/mol. The van der Waals surface area contributed by atoms with Gasteiger partial charge in [-0.15, -0.1) is 0 Å². The molecule has 0 aliphatic heterocycles. The van der Waals surface area contributed by atoms with Crippen molar-refractivity contribution in [2.75, 3.05) is 7.05 Å². The van der Waals surface area contributed by atoms with Gasteiger partial charge in [0.25, 0.3) is 5.91 Å². The highest BCUT2D eigenvalue weighted by Crippen LogP contribution is 2.32. The summed E-state index contributed by atoms with van der Waals surface area (Å²) in [6.07, 6.45) is -4.91. The Balaban J connectivity index is 3.15. The first-order valence-corrected chi connectivity index (χ1v) is 5.71. The number of nitrogens with zero attached hydrogens (tertiary/aromatic N) is 2. The minimum Gasteiger partial charge on any atom is -0.409 e. The average Bonchev–Trinajstić information content (AvgIpc) is 2.43. The standard InChI is InChI=1S/C12H13F4N3O2/c1-6(10(17)18-21)19(2)11(20)7-3-4-9(13)8(5-7)12(14,15)16/h3-6,21H,1-2H3,(H2,17,18). The van der Waals surface area contributed by atoms with Crippen molar-refractivity contribution in [3.05, 3.63) is 35.1 Å². The van der Waals surface area contributed by atoms with E-state index in [4.69, 9.17) is 10.9 Å². The molecule has 1 aromatic rings. The first-order chi connectivity index (χ1) is 9.59. The highest BCUT2D eigenvalue weighted by molar-refractivity contribution is 5.98. The van der Waals surface area contributed by atoms with Gasteiger partial charge in [0.05, 0.1) is 11.6 Å². The minimum absolute atomic E-state index is 0.288. The van der Waals surface area contributed by atoms with E-state index in [2.05, 4.69) is 5.16 Å². The van der Waals surface area contributed by atoms with Crippen LogP contribution in [0.15, 0.2) is 23.4 Å². The van der Waals surface area contributed by atoms with Gasteiger partial charge in [0, 0.05) is 12.6 Å². The Kier molecular flexibility index (Phi) is 4.77. The summed E-state index contributed by atoms with van der Waals surface area (Å²) < 4.78 is 50.9. The first-order valence-electron chi connectivity index (χ1n) is 5.71. The van der Waals surface area contributed by atoms with Crippen LogP contribution in [-0.4, -0.2) is 34.9 Å². The van der Waals surface area contributed by atoms with E-state index in [-0.39, 0.29) is 11.4 Å². The van der Waals surface area contributed by atoms with Crippen molar-refractivity contribution in [1.82, 2.24) is 4.90 Å². The fraction of sp³-hybridized carbons (Fsp3) is 0.333. The quantitative estimate of drug-likeness (QED) is 0.295. The molecule has 3 N–H and O–H groups in total. The lowest BCUT2D eigenvalue weighted by Gasteiger charge is -2.24. The molecule has 21 heavy (non-hydrogen) atoms. The third kappa shape index (κ3) is 3.61. The maximum atomic E-state index is 13.2. The number of hydrogen-bond acceptors (Lipinski definition) is 3. The third-order valence-electron chi connectivity index (χ3n) is 2.96. The van der Waals surface area contributed by atoms with E-state index in [0.717, 1.165) is 11.0 Å². The summed E-state index contributed by atoms with van der Waals surface area (Å²) in [7, 11) is 1.27. The van der Waals surface area contributed by atoms with Gasteiger partial charge in [-0.25, -0.2) is 4.39 Å². The van der Waals surface area contributed by atoms with Gasteiger partial charge < -0.3 is 15.8 Å². The lowest BCUT2D eigenvalue weighted by Crippen LogP contribution is -2.43. The van der Waals surface area contributed by atoms with E-state index in [1.54, 1.807) is 0 Å². The van der Waals surface area contributed by atoms with Crippen molar-refractivity contribution in [3.63, 3.8) is 0 Å². The summed E-state index contributed by atoms with van der Waals surface area (Å²) in [4.78, 5) is 13.0. The van der Waals surface area contributed by atoms with Gasteiger partial charge in [-0.2, -0.15) is 13.2 Å². The second kappa shape index (κ2) is 5.98. The van der Waals surface area contributed by atoms with E-state index >= 15 is 0 Å². The minimum atomic E-state index is -4.91. The van der Waals surface area contributed by atoms with Gasteiger partial charge in [0.1, 0.15) is 5.82 Å². The zero-order chi connectivity index (χ0) is 16.4. The lowest BCUT2D eigenvalue weighted by molar-refractivity contribution is -0.140. The number of likely N-dealkylation sites (N-methyl/N-ethyl adjacent to an activating group) is 1. The zero-order valence-electron chi connectivity index (χ0n) is 11.1. The number of carbonyl (C=O) groups excluding carboxylic acids is 1. The zero-order valence-corrected chi connectivity index (χ0v) is 11.1. The fourth-order valence-electron chi connectivity index (χ4n) is 1.54. The Morgan fingerprint density at radius 2 is 2.00 bits per heavy atom. The fourth-order valence-corrected chi connectivity index (χ4v) is 1.54. The van der Waals surface area contributed by atoms with Crippen molar-refractivity contribution in [2.24, 2.45) is 10.9 Å². The molecule has 0 fully saturated rings. The molecule has 0 aromatic heterocycles. The molecule has 1 unspecified atom stereocenters. The van der Waals surface area contributed by atoms with Crippen molar-refractivity contribution in [1.29, 1.82) is 0 Å². The Morgan fingerprint density at radius 1 is 1.43 bits per heavy atom. The molecule has 0 aliphatic carbocycles. The van der Waals surface area contributed by atoms with Crippen LogP contribution in [0.2, 0.25) is 0 Å². The van der Waals surface area contributed by atoms with Gasteiger partial charge in [-0.1, -0.05) is 5.16 Å². The molecule has 0 saturated carbocycles. The number of amides is 1. The SMILES string of the molecule is CC(C(N)=NO)N(C)C(=O)c1ccc(F)c(C(F)(F)F)c1. The van der Waals surface area contributed by atoms with E-state index < -0.39 is 29.5 Å². The molecule has 5 nitrogen and oxygen atoms in total. The van der Waals surface area contributed by atoms with E-state index in [1.165, 1.54) is 14.0 Å². The van der Waals surface area contributed by atoms with Crippen LogP contribution in [-0.2, 0) is 6.18 Å². The third-order valence-corrected chi connectivity index (χ3v) is 2.96. The molecule has 0 heterocycles. The highest BCUT2D eigenvalue weighted by Gasteiger charge is 2.35. The van der Waals surface area contributed by atoms with Gasteiger partial charge in [-0.05, 0) is 25.1 Å². The Bertz CT molecular complexity index is 572. The Labute approximate surface area is 117 Å². The molecule has 0 aliphatic rings. The molecule has 116 valence electrons. The van der Waals surface area contributed by atoms with Crippen LogP contribution < -0.4 is 5.73 Å². The number of hydrogen-bond donors (Lipinski definition) is 2. The number of amidine groups is 1. The number of oxime groups is 1. The number of carbonyl (C=O) groups is 1. The lowest BCUT2D eigenvalue weighted by atomic mass is 10.1. The largest absolute Gasteiger partial charge is 0.419 e. The van der Waals surface area contributed by atoms with Gasteiger partial charge in [0.2, 0.25) is 0 Å². The molecular formula is C12H13F4N3O2. The second-order valence-corrected chi connectivity index (χ2v) is 4.31. The summed E-state index contributed by atoms with van der Waals surface area (Å²) in [5, 5.41) is 11.2. The van der Waals surface area contributed by atoms with Crippen molar-refractivity contribution >= 4 is 11.7 Å². The van der Waals surface area contributed by atoms with Crippen molar-refractivity contribution in [3.8, 4) is 0 Å². The summed E-state index contributed by atoms with van der Waals surface area (Å²) in [5.74, 6) is -2.57. The van der Waals surface area contributed by atoms with E-state index in [9.17, 15) is 22.4 Å². The molecule has 0 radical (unpaired) electrons. The second-order valence-electron chi connectivity index (χ2n) is 4.31. The van der Waals surface area contributed by atoms with Gasteiger partial charge in [0.15, 0.2) is 5.84 Å². The summed E-state index contributed by atoms with van der Waals surface area (Å²) in [6.45, 7) is 1.42. The van der Waals surface area contributed by atoms with Crippen LogP contribution in [0.5, 0.6) is 0 Å². The van der Waals surface area contributed by atoms with E-state index in [1.807, 2.05) is 0 Å². The Morgan fingerprint density at radius 3 is 2.48 bits per heavy atom. The maximum absolute atomic E-state index is 13.2. The van der Waals surface area contributed by atoms with Crippen LogP contribution >= 0.6 is 0 Å². The molecule has 1 rings (SSSR count). The van der Waals surface area contributed by atoms with Gasteiger partial charge in [-0.3, -0.25) is 4.79 Å². The molecule has 0 saturated heterocycles. The smallest absolute Gasteiger partial charge is 0.409 e. The van der Waals surface area contributed by atoms with Crippen LogP contribution in [0.4, 0.5) is 17.6 Å². The predicted molar refractivity (Wildman–Crippen MR) is 66.4 cm³/mol. The number of nitrogens with two attached hydrogens (primary N) is 1. The molecule has 0 spiro atoms. The molecule has 0 bridgehead atoms. The summed E-state index contributed by atoms with van der Waals surface area (Å²) >= 11 is 0.